The first-order chi connectivity index (χ1) is 6.72. The molecular formula is C10H10BrNOS. The van der Waals surface area contributed by atoms with Gasteiger partial charge in [-0.25, -0.2) is 0 Å². The zero-order chi connectivity index (χ0) is 10.1. The fourth-order valence-corrected chi connectivity index (χ4v) is 2.86. The first-order valence-electron chi connectivity index (χ1n) is 4.32. The van der Waals surface area contributed by atoms with Crippen molar-refractivity contribution in [2.45, 2.75) is 6.92 Å². The smallest absolute Gasteiger partial charge is 0.151 e. The lowest BCUT2D eigenvalue weighted by atomic mass is 10.2. The van der Waals surface area contributed by atoms with Crippen molar-refractivity contribution in [2.75, 3.05) is 12.3 Å². The summed E-state index contributed by atoms with van der Waals surface area (Å²) in [6.45, 7) is 2.64. The fourth-order valence-electron chi connectivity index (χ4n) is 1.35. The van der Waals surface area contributed by atoms with Gasteiger partial charge in [0.25, 0.3) is 0 Å². The van der Waals surface area contributed by atoms with E-state index in [1.54, 1.807) is 11.3 Å². The standard InChI is InChI=1S/C10H10BrNOS/c1-2-13-9-7(11)4-3-6-5-8(12)14-10(6)9/h3-5H,2,12H2,1H3. The normalized spacial score (nSPS) is 10.7. The number of rotatable bonds is 2. The number of nitrogens with two attached hydrogens (primary N) is 1. The van der Waals surface area contributed by atoms with Gasteiger partial charge in [0.05, 0.1) is 20.8 Å². The summed E-state index contributed by atoms with van der Waals surface area (Å²) in [5.74, 6) is 0.895. The lowest BCUT2D eigenvalue weighted by Crippen LogP contribution is -1.91. The zero-order valence-electron chi connectivity index (χ0n) is 7.71. The van der Waals surface area contributed by atoms with Crippen molar-refractivity contribution in [1.82, 2.24) is 0 Å². The van der Waals surface area contributed by atoms with Gasteiger partial charge in [0.1, 0.15) is 0 Å². The molecule has 74 valence electrons. The number of benzene rings is 1. The van der Waals surface area contributed by atoms with E-state index in [4.69, 9.17) is 10.5 Å². The van der Waals surface area contributed by atoms with Crippen LogP contribution >= 0.6 is 27.3 Å². The Balaban J connectivity index is 2.68. The van der Waals surface area contributed by atoms with Crippen molar-refractivity contribution in [3.8, 4) is 5.75 Å². The van der Waals surface area contributed by atoms with Crippen molar-refractivity contribution in [2.24, 2.45) is 0 Å². The van der Waals surface area contributed by atoms with Crippen LogP contribution in [0.2, 0.25) is 0 Å². The second-order valence-corrected chi connectivity index (χ2v) is 4.81. The summed E-state index contributed by atoms with van der Waals surface area (Å²) in [5.41, 5.74) is 5.75. The number of nitrogen functional groups attached to an aromatic ring is 1. The van der Waals surface area contributed by atoms with Crippen LogP contribution in [0.3, 0.4) is 0 Å². The van der Waals surface area contributed by atoms with Gasteiger partial charge in [-0.2, -0.15) is 0 Å². The van der Waals surface area contributed by atoms with Crippen LogP contribution in [0, 0.1) is 0 Å². The van der Waals surface area contributed by atoms with Crippen LogP contribution in [0.5, 0.6) is 5.75 Å². The Morgan fingerprint density at radius 1 is 1.50 bits per heavy atom. The van der Waals surface area contributed by atoms with E-state index in [1.165, 1.54) is 0 Å². The van der Waals surface area contributed by atoms with Gasteiger partial charge in [0.15, 0.2) is 5.75 Å². The molecule has 0 radical (unpaired) electrons. The van der Waals surface area contributed by atoms with Crippen molar-refractivity contribution in [3.05, 3.63) is 22.7 Å². The molecule has 1 aromatic heterocycles. The van der Waals surface area contributed by atoms with Crippen LogP contribution in [0.15, 0.2) is 22.7 Å². The number of ether oxygens (including phenoxy) is 1. The number of anilines is 1. The second kappa shape index (κ2) is 3.79. The lowest BCUT2D eigenvalue weighted by molar-refractivity contribution is 0.343. The van der Waals surface area contributed by atoms with Gasteiger partial charge >= 0.3 is 0 Å². The number of thiophene rings is 1. The molecular weight excluding hydrogens is 262 g/mol. The van der Waals surface area contributed by atoms with Gasteiger partial charge in [-0.15, -0.1) is 11.3 Å². The summed E-state index contributed by atoms with van der Waals surface area (Å²) in [6, 6.07) is 5.99. The Labute approximate surface area is 94.8 Å². The fraction of sp³-hybridized carbons (Fsp3) is 0.200. The average Bonchev–Trinajstić information content (AvgIpc) is 2.51. The lowest BCUT2D eigenvalue weighted by Gasteiger charge is -2.06. The molecule has 2 rings (SSSR count). The van der Waals surface area contributed by atoms with E-state index < -0.39 is 0 Å². The molecule has 0 aliphatic carbocycles. The highest BCUT2D eigenvalue weighted by Crippen LogP contribution is 2.39. The Hall–Kier alpha value is -0.740. The molecule has 0 aliphatic rings. The Morgan fingerprint density at radius 3 is 3.00 bits per heavy atom. The maximum absolute atomic E-state index is 5.75. The van der Waals surface area contributed by atoms with Crippen LogP contribution < -0.4 is 10.5 Å². The van der Waals surface area contributed by atoms with E-state index in [-0.39, 0.29) is 0 Å². The van der Waals surface area contributed by atoms with Crippen molar-refractivity contribution >= 4 is 42.4 Å². The van der Waals surface area contributed by atoms with Crippen LogP contribution in [0.1, 0.15) is 6.92 Å². The van der Waals surface area contributed by atoms with E-state index in [0.717, 1.165) is 25.3 Å². The number of fused-ring (bicyclic) bond motifs is 1. The van der Waals surface area contributed by atoms with Gasteiger partial charge in [-0.05, 0) is 40.4 Å². The van der Waals surface area contributed by atoms with Crippen LogP contribution in [-0.2, 0) is 0 Å². The zero-order valence-corrected chi connectivity index (χ0v) is 10.1. The predicted octanol–water partition coefficient (Wildman–Crippen LogP) is 3.64. The molecule has 0 atom stereocenters. The molecule has 14 heavy (non-hydrogen) atoms. The molecule has 0 bridgehead atoms. The third-order valence-electron chi connectivity index (χ3n) is 1.90. The van der Waals surface area contributed by atoms with Crippen LogP contribution in [0.4, 0.5) is 5.00 Å². The molecule has 1 heterocycles. The van der Waals surface area contributed by atoms with Crippen molar-refractivity contribution < 1.29 is 4.74 Å². The number of hydrogen-bond acceptors (Lipinski definition) is 3. The van der Waals surface area contributed by atoms with Crippen LogP contribution in [0.25, 0.3) is 10.1 Å². The molecule has 0 unspecified atom stereocenters. The highest BCUT2D eigenvalue weighted by molar-refractivity contribution is 9.10. The van der Waals surface area contributed by atoms with E-state index in [2.05, 4.69) is 15.9 Å². The molecule has 1 aromatic carbocycles. The second-order valence-electron chi connectivity index (χ2n) is 2.88. The Morgan fingerprint density at radius 2 is 2.29 bits per heavy atom. The minimum Gasteiger partial charge on any atom is -0.491 e. The van der Waals surface area contributed by atoms with E-state index in [9.17, 15) is 0 Å². The van der Waals surface area contributed by atoms with Crippen LogP contribution in [-0.4, -0.2) is 6.61 Å². The van der Waals surface area contributed by atoms with Gasteiger partial charge in [-0.3, -0.25) is 0 Å². The Kier molecular flexibility index (Phi) is 2.65. The first kappa shape index (κ1) is 9.80. The monoisotopic (exact) mass is 271 g/mol. The third-order valence-corrected chi connectivity index (χ3v) is 3.50. The van der Waals surface area contributed by atoms with Gasteiger partial charge < -0.3 is 10.5 Å². The topological polar surface area (TPSA) is 35.2 Å². The molecule has 2 aromatic rings. The van der Waals surface area contributed by atoms with Crippen molar-refractivity contribution in [1.29, 1.82) is 0 Å². The summed E-state index contributed by atoms with van der Waals surface area (Å²) in [4.78, 5) is 0. The summed E-state index contributed by atoms with van der Waals surface area (Å²) in [7, 11) is 0. The SMILES string of the molecule is CCOc1c(Br)ccc2cc(N)sc12. The molecule has 4 heteroatoms. The molecule has 2 N–H and O–H groups in total. The Bertz CT molecular complexity index is 466. The predicted molar refractivity (Wildman–Crippen MR) is 65.1 cm³/mol. The third kappa shape index (κ3) is 1.60. The molecule has 0 saturated carbocycles. The minimum atomic E-state index is 0.662. The largest absolute Gasteiger partial charge is 0.491 e. The number of halogens is 1. The quantitative estimate of drug-likeness (QED) is 0.905. The molecule has 0 spiro atoms. The first-order valence-corrected chi connectivity index (χ1v) is 5.93. The van der Waals surface area contributed by atoms with Gasteiger partial charge in [0.2, 0.25) is 0 Å². The minimum absolute atomic E-state index is 0.662. The molecule has 0 saturated heterocycles. The van der Waals surface area contributed by atoms with E-state index in [1.807, 2.05) is 25.1 Å². The molecule has 2 nitrogen and oxygen atoms in total. The van der Waals surface area contributed by atoms with Crippen molar-refractivity contribution in [3.63, 3.8) is 0 Å². The summed E-state index contributed by atoms with van der Waals surface area (Å²) in [6.07, 6.45) is 0. The number of hydrogen-bond donors (Lipinski definition) is 1. The maximum Gasteiger partial charge on any atom is 0.151 e. The molecule has 0 aliphatic heterocycles. The van der Waals surface area contributed by atoms with E-state index in [0.29, 0.717) is 6.61 Å². The molecule has 0 amide bonds. The molecule has 0 fully saturated rings. The average molecular weight is 272 g/mol. The van der Waals surface area contributed by atoms with Gasteiger partial charge in [0, 0.05) is 0 Å². The summed E-state index contributed by atoms with van der Waals surface area (Å²) < 4.78 is 7.66. The van der Waals surface area contributed by atoms with E-state index >= 15 is 0 Å². The summed E-state index contributed by atoms with van der Waals surface area (Å²) >= 11 is 5.02. The summed E-state index contributed by atoms with van der Waals surface area (Å²) in [5, 5.41) is 1.96. The maximum atomic E-state index is 5.75. The highest BCUT2D eigenvalue weighted by Gasteiger charge is 2.09. The highest BCUT2D eigenvalue weighted by atomic mass is 79.9. The van der Waals surface area contributed by atoms with Gasteiger partial charge in [-0.1, -0.05) is 6.07 Å².